The van der Waals surface area contributed by atoms with Gasteiger partial charge in [0.25, 0.3) is 0 Å². The molecule has 0 saturated heterocycles. The summed E-state index contributed by atoms with van der Waals surface area (Å²) in [5.74, 6) is 1.77. The Kier molecular flexibility index (Phi) is 5.51. The van der Waals surface area contributed by atoms with Crippen LogP contribution >= 0.6 is 11.8 Å². The van der Waals surface area contributed by atoms with Gasteiger partial charge in [-0.3, -0.25) is 0 Å². The molecular weight excluding hydrogens is 264 g/mol. The van der Waals surface area contributed by atoms with Gasteiger partial charge in [-0.1, -0.05) is 26.0 Å². The summed E-state index contributed by atoms with van der Waals surface area (Å²) in [7, 11) is 0. The molecule has 2 rings (SSSR count). The average Bonchev–Trinajstić information content (AvgIpc) is 3.17. The number of rotatable bonds is 8. The maximum atomic E-state index is 8.86. The van der Waals surface area contributed by atoms with Gasteiger partial charge in [0.05, 0.1) is 6.07 Å². The number of thioether (sulfide) groups is 1. The summed E-state index contributed by atoms with van der Waals surface area (Å²) < 4.78 is 0. The highest BCUT2D eigenvalue weighted by Gasteiger charge is 2.42. The van der Waals surface area contributed by atoms with E-state index < -0.39 is 0 Å². The molecule has 0 bridgehead atoms. The van der Waals surface area contributed by atoms with Crippen molar-refractivity contribution < 1.29 is 0 Å². The quantitative estimate of drug-likeness (QED) is 0.728. The Morgan fingerprint density at radius 2 is 2.20 bits per heavy atom. The standard InChI is InChI=1S/C17H24N2S/c1-14(2)11-19-12-15-4-3-5-16(10-15)20-13-17(6-7-17)8-9-18/h3-5,10,14,19H,6-8,11-13H2,1-2H3. The van der Waals surface area contributed by atoms with Crippen molar-refractivity contribution >= 4 is 11.8 Å². The van der Waals surface area contributed by atoms with Crippen LogP contribution in [0.15, 0.2) is 29.2 Å². The highest BCUT2D eigenvalue weighted by Crippen LogP contribution is 2.51. The summed E-state index contributed by atoms with van der Waals surface area (Å²) in [6, 6.07) is 11.1. The van der Waals surface area contributed by atoms with E-state index in [0.29, 0.717) is 11.3 Å². The van der Waals surface area contributed by atoms with E-state index in [9.17, 15) is 0 Å². The number of benzene rings is 1. The summed E-state index contributed by atoms with van der Waals surface area (Å²) >= 11 is 1.90. The fourth-order valence-corrected chi connectivity index (χ4v) is 3.48. The SMILES string of the molecule is CC(C)CNCc1cccc(SCC2(CC#N)CC2)c1. The first-order valence-corrected chi connectivity index (χ1v) is 8.41. The van der Waals surface area contributed by atoms with Gasteiger partial charge in [-0.15, -0.1) is 11.8 Å². The van der Waals surface area contributed by atoms with Crippen LogP contribution in [-0.2, 0) is 6.54 Å². The van der Waals surface area contributed by atoms with Crippen molar-refractivity contribution in [3.63, 3.8) is 0 Å². The van der Waals surface area contributed by atoms with Crippen LogP contribution in [0.1, 0.15) is 38.7 Å². The van der Waals surface area contributed by atoms with E-state index in [1.807, 2.05) is 11.8 Å². The Labute approximate surface area is 127 Å². The number of nitrogens with zero attached hydrogens (tertiary/aromatic N) is 1. The summed E-state index contributed by atoms with van der Waals surface area (Å²) in [4.78, 5) is 1.33. The first-order chi connectivity index (χ1) is 9.63. The maximum Gasteiger partial charge on any atom is 0.0627 e. The second-order valence-corrected chi connectivity index (χ2v) is 7.34. The van der Waals surface area contributed by atoms with Gasteiger partial charge in [-0.05, 0) is 48.4 Å². The van der Waals surface area contributed by atoms with Crippen molar-refractivity contribution in [1.29, 1.82) is 5.26 Å². The topological polar surface area (TPSA) is 35.8 Å². The van der Waals surface area contributed by atoms with E-state index in [-0.39, 0.29) is 0 Å². The molecule has 0 unspecified atom stereocenters. The van der Waals surface area contributed by atoms with Crippen molar-refractivity contribution in [2.24, 2.45) is 11.3 Å². The molecule has 1 aromatic rings. The Morgan fingerprint density at radius 3 is 2.85 bits per heavy atom. The molecule has 20 heavy (non-hydrogen) atoms. The van der Waals surface area contributed by atoms with Crippen LogP contribution in [0.2, 0.25) is 0 Å². The highest BCUT2D eigenvalue weighted by molar-refractivity contribution is 7.99. The molecule has 3 heteroatoms. The fourth-order valence-electron chi connectivity index (χ4n) is 2.20. The van der Waals surface area contributed by atoms with Crippen LogP contribution in [0.4, 0.5) is 0 Å². The maximum absolute atomic E-state index is 8.86. The van der Waals surface area contributed by atoms with E-state index in [1.54, 1.807) is 0 Å². The monoisotopic (exact) mass is 288 g/mol. The summed E-state index contributed by atoms with van der Waals surface area (Å²) in [6.07, 6.45) is 3.17. The molecule has 0 amide bonds. The zero-order valence-electron chi connectivity index (χ0n) is 12.5. The van der Waals surface area contributed by atoms with Gasteiger partial charge in [0, 0.05) is 23.6 Å². The predicted octanol–water partition coefficient (Wildman–Crippen LogP) is 4.22. The molecule has 1 aliphatic carbocycles. The lowest BCUT2D eigenvalue weighted by Gasteiger charge is -2.11. The van der Waals surface area contributed by atoms with Gasteiger partial charge in [-0.25, -0.2) is 0 Å². The smallest absolute Gasteiger partial charge is 0.0627 e. The average molecular weight is 288 g/mol. The second kappa shape index (κ2) is 7.15. The van der Waals surface area contributed by atoms with Gasteiger partial charge in [0.1, 0.15) is 0 Å². The minimum absolute atomic E-state index is 0.325. The van der Waals surface area contributed by atoms with Crippen molar-refractivity contribution in [2.75, 3.05) is 12.3 Å². The number of nitriles is 1. The van der Waals surface area contributed by atoms with Crippen molar-refractivity contribution in [3.05, 3.63) is 29.8 Å². The molecule has 0 atom stereocenters. The van der Waals surface area contributed by atoms with Crippen molar-refractivity contribution in [2.45, 2.75) is 44.6 Å². The molecule has 1 aromatic carbocycles. The molecule has 1 N–H and O–H groups in total. The van der Waals surface area contributed by atoms with E-state index in [1.165, 1.54) is 23.3 Å². The molecule has 2 nitrogen and oxygen atoms in total. The van der Waals surface area contributed by atoms with Crippen molar-refractivity contribution in [3.8, 4) is 6.07 Å². The largest absolute Gasteiger partial charge is 0.312 e. The number of hydrogen-bond acceptors (Lipinski definition) is 3. The Bertz CT molecular complexity index is 472. The summed E-state index contributed by atoms with van der Waals surface area (Å²) in [5.41, 5.74) is 1.67. The number of nitrogens with one attached hydrogen (secondary N) is 1. The molecule has 0 heterocycles. The fraction of sp³-hybridized carbons (Fsp3) is 0.588. The van der Waals surface area contributed by atoms with Gasteiger partial charge >= 0.3 is 0 Å². The molecule has 0 radical (unpaired) electrons. The minimum Gasteiger partial charge on any atom is -0.312 e. The Balaban J connectivity index is 1.82. The van der Waals surface area contributed by atoms with Crippen LogP contribution in [0.25, 0.3) is 0 Å². The number of hydrogen-bond donors (Lipinski definition) is 1. The van der Waals surface area contributed by atoms with Crippen LogP contribution in [-0.4, -0.2) is 12.3 Å². The molecule has 0 spiro atoms. The predicted molar refractivity (Wildman–Crippen MR) is 85.6 cm³/mol. The summed E-state index contributed by atoms with van der Waals surface area (Å²) in [5, 5.41) is 12.3. The lowest BCUT2D eigenvalue weighted by molar-refractivity contribution is 0.552. The third-order valence-electron chi connectivity index (χ3n) is 3.74. The van der Waals surface area contributed by atoms with E-state index in [0.717, 1.165) is 25.3 Å². The highest BCUT2D eigenvalue weighted by atomic mass is 32.2. The van der Waals surface area contributed by atoms with Gasteiger partial charge in [0.15, 0.2) is 0 Å². The van der Waals surface area contributed by atoms with Gasteiger partial charge in [0.2, 0.25) is 0 Å². The van der Waals surface area contributed by atoms with Crippen LogP contribution < -0.4 is 5.32 Å². The molecular formula is C17H24N2S. The molecule has 1 saturated carbocycles. The molecule has 1 aliphatic rings. The Hall–Kier alpha value is -0.980. The van der Waals surface area contributed by atoms with Crippen LogP contribution in [0.5, 0.6) is 0 Å². The zero-order valence-corrected chi connectivity index (χ0v) is 13.3. The summed E-state index contributed by atoms with van der Waals surface area (Å²) in [6.45, 7) is 6.45. The molecule has 0 aromatic heterocycles. The second-order valence-electron chi connectivity index (χ2n) is 6.30. The molecule has 0 aliphatic heterocycles. The molecule has 1 fully saturated rings. The zero-order chi connectivity index (χ0) is 14.4. The third-order valence-corrected chi connectivity index (χ3v) is 5.08. The lowest BCUT2D eigenvalue weighted by Crippen LogP contribution is -2.18. The van der Waals surface area contributed by atoms with Crippen LogP contribution in [0.3, 0.4) is 0 Å². The van der Waals surface area contributed by atoms with E-state index in [4.69, 9.17) is 5.26 Å². The Morgan fingerprint density at radius 1 is 1.40 bits per heavy atom. The van der Waals surface area contributed by atoms with Gasteiger partial charge in [-0.2, -0.15) is 5.26 Å². The first-order valence-electron chi connectivity index (χ1n) is 7.43. The van der Waals surface area contributed by atoms with E-state index in [2.05, 4.69) is 49.5 Å². The van der Waals surface area contributed by atoms with Crippen molar-refractivity contribution in [1.82, 2.24) is 5.32 Å². The van der Waals surface area contributed by atoms with E-state index >= 15 is 0 Å². The minimum atomic E-state index is 0.325. The first kappa shape index (κ1) is 15.4. The third kappa shape index (κ3) is 4.85. The normalized spacial score (nSPS) is 16.1. The van der Waals surface area contributed by atoms with Crippen LogP contribution in [0, 0.1) is 22.7 Å². The lowest BCUT2D eigenvalue weighted by atomic mass is 10.1. The van der Waals surface area contributed by atoms with Gasteiger partial charge < -0.3 is 5.32 Å². The molecule has 108 valence electrons.